The molecule has 0 fully saturated rings. The number of carboxylic acid groups (broad SMARTS) is 1. The number of aliphatic carboxylic acids is 1. The number of hydrogen-bond acceptors (Lipinski definition) is 3. The highest BCUT2D eigenvalue weighted by Gasteiger charge is 1.76. The third-order valence-electron chi connectivity index (χ3n) is 0.515. The topological polar surface area (TPSA) is 49.4 Å². The normalized spacial score (nSPS) is 6.60. The third kappa shape index (κ3) is 15.9. The molecule has 0 aliphatic rings. The molecule has 0 atom stereocenters. The van der Waals surface area contributed by atoms with E-state index in [1.54, 1.807) is 7.11 Å². The van der Waals surface area contributed by atoms with Crippen LogP contribution in [0, 0.1) is 0 Å². The molecule has 0 amide bonds. The van der Waals surface area contributed by atoms with Crippen LogP contribution in [0.1, 0.15) is 6.92 Å². The van der Waals surface area contributed by atoms with Gasteiger partial charge < -0.3 is 14.6 Å². The molecule has 0 rings (SSSR count). The van der Waals surface area contributed by atoms with E-state index >= 15 is 0 Å². The van der Waals surface area contributed by atoms with Gasteiger partial charge in [-0.2, -0.15) is 0 Å². The molecule has 10 heavy (non-hydrogen) atoms. The predicted molar refractivity (Wildman–Crippen MR) is 37.0 cm³/mol. The van der Waals surface area contributed by atoms with Gasteiger partial charge in [0, 0.05) is 0 Å². The van der Waals surface area contributed by atoms with Crippen LogP contribution in [0.3, 0.4) is 0 Å². The van der Waals surface area contributed by atoms with Crippen LogP contribution in [0.4, 0.5) is 0 Å². The van der Waals surface area contributed by atoms with E-state index in [9.17, 15) is 9.90 Å². The zero-order valence-electron chi connectivity index (χ0n) is 6.22. The fourth-order valence-electron chi connectivity index (χ4n) is 0. The molecule has 0 aromatic rings. The summed E-state index contributed by atoms with van der Waals surface area (Å²) < 4.78 is 4.31. The Bertz CT molecular complexity index is 115. The average molecular weight is 143 g/mol. The third-order valence-corrected chi connectivity index (χ3v) is 0.515. The van der Waals surface area contributed by atoms with Crippen molar-refractivity contribution in [3.05, 3.63) is 25.0 Å². The van der Waals surface area contributed by atoms with Gasteiger partial charge in [0.1, 0.15) is 0 Å². The molecule has 3 nitrogen and oxygen atoms in total. The number of hydrogen-bond donors (Lipinski definition) is 0. The Hall–Kier alpha value is -1.25. The van der Waals surface area contributed by atoms with Gasteiger partial charge in [-0.15, -0.1) is 0 Å². The molecule has 0 aromatic carbocycles. The Morgan fingerprint density at radius 2 is 1.90 bits per heavy atom. The molecule has 0 bridgehead atoms. The molecule has 0 radical (unpaired) electrons. The molecule has 0 spiro atoms. The lowest BCUT2D eigenvalue weighted by Crippen LogP contribution is -2.22. The first-order chi connectivity index (χ1) is 4.56. The van der Waals surface area contributed by atoms with E-state index in [-0.39, 0.29) is 5.57 Å². The minimum atomic E-state index is -1.19. The SMILES string of the molecule is C=C(C)C(=O)[O-].C=COC. The monoisotopic (exact) mass is 143 g/mol. The van der Waals surface area contributed by atoms with Crippen LogP contribution in [-0.4, -0.2) is 13.1 Å². The van der Waals surface area contributed by atoms with Crippen molar-refractivity contribution in [3.63, 3.8) is 0 Å². The summed E-state index contributed by atoms with van der Waals surface area (Å²) in [6.45, 7) is 7.73. The number of methoxy groups -OCH3 is 1. The van der Waals surface area contributed by atoms with Gasteiger partial charge in [0.05, 0.1) is 19.3 Å². The Balaban J connectivity index is 0. The van der Waals surface area contributed by atoms with Gasteiger partial charge in [0.15, 0.2) is 0 Å². The Morgan fingerprint density at radius 1 is 1.70 bits per heavy atom. The van der Waals surface area contributed by atoms with E-state index in [2.05, 4.69) is 17.9 Å². The summed E-state index contributed by atoms with van der Waals surface area (Å²) in [7, 11) is 1.56. The molecule has 58 valence electrons. The predicted octanol–water partition coefficient (Wildman–Crippen LogP) is 0.0887. The number of carbonyl (C=O) groups excluding carboxylic acids is 1. The molecule has 0 aliphatic heterocycles. The second-order valence-electron chi connectivity index (χ2n) is 1.47. The minimum Gasteiger partial charge on any atom is -0.545 e. The highest BCUT2D eigenvalue weighted by molar-refractivity contribution is 5.82. The van der Waals surface area contributed by atoms with Gasteiger partial charge in [-0.25, -0.2) is 0 Å². The first-order valence-corrected chi connectivity index (χ1v) is 2.56. The highest BCUT2D eigenvalue weighted by Crippen LogP contribution is 1.77. The van der Waals surface area contributed by atoms with Crippen LogP contribution in [0.5, 0.6) is 0 Å². The van der Waals surface area contributed by atoms with Crippen molar-refractivity contribution >= 4 is 5.97 Å². The maximum absolute atomic E-state index is 9.49. The fourth-order valence-corrected chi connectivity index (χ4v) is 0. The molecule has 0 aliphatic carbocycles. The lowest BCUT2D eigenvalue weighted by Gasteiger charge is -1.93. The summed E-state index contributed by atoms with van der Waals surface area (Å²) in [5, 5.41) is 9.49. The van der Waals surface area contributed by atoms with Crippen LogP contribution in [0.25, 0.3) is 0 Å². The summed E-state index contributed by atoms with van der Waals surface area (Å²) in [5.74, 6) is -1.19. The summed E-state index contributed by atoms with van der Waals surface area (Å²) in [6.07, 6.45) is 1.38. The summed E-state index contributed by atoms with van der Waals surface area (Å²) in [4.78, 5) is 9.49. The molecule has 0 N–H and O–H groups in total. The fraction of sp³-hybridized carbons (Fsp3) is 0.286. The van der Waals surface area contributed by atoms with Crippen molar-refractivity contribution in [1.82, 2.24) is 0 Å². The van der Waals surface area contributed by atoms with Crippen LogP contribution in [0.15, 0.2) is 25.0 Å². The Kier molecular flexibility index (Phi) is 8.94. The molecule has 0 saturated carbocycles. The second kappa shape index (κ2) is 7.75. The number of carbonyl (C=O) groups is 1. The van der Waals surface area contributed by atoms with Gasteiger partial charge in [-0.1, -0.05) is 13.2 Å². The summed E-state index contributed by atoms with van der Waals surface area (Å²) >= 11 is 0. The van der Waals surface area contributed by atoms with Gasteiger partial charge in [0.25, 0.3) is 0 Å². The van der Waals surface area contributed by atoms with Crippen molar-refractivity contribution in [2.45, 2.75) is 6.92 Å². The standard InChI is InChI=1S/C4H6O2.C3H6O/c1-3(2)4(5)6;1-3-4-2/h1H2,2H3,(H,5,6);3H,1H2,2H3/p-1. The molecule has 3 heteroatoms. The van der Waals surface area contributed by atoms with Gasteiger partial charge in [-0.05, 0) is 12.5 Å². The zero-order valence-corrected chi connectivity index (χ0v) is 6.22. The maximum Gasteiger partial charge on any atom is 0.0766 e. The second-order valence-corrected chi connectivity index (χ2v) is 1.47. The first-order valence-electron chi connectivity index (χ1n) is 2.56. The van der Waals surface area contributed by atoms with Crippen molar-refractivity contribution < 1.29 is 14.6 Å². The number of rotatable bonds is 2. The Morgan fingerprint density at radius 3 is 1.90 bits per heavy atom. The smallest absolute Gasteiger partial charge is 0.0766 e. The quantitative estimate of drug-likeness (QED) is 0.406. The van der Waals surface area contributed by atoms with Gasteiger partial charge >= 0.3 is 0 Å². The largest absolute Gasteiger partial charge is 0.545 e. The minimum absolute atomic E-state index is 0.0648. The van der Waals surface area contributed by atoms with E-state index in [4.69, 9.17) is 0 Å². The zero-order chi connectivity index (χ0) is 8.57. The molecule has 0 unspecified atom stereocenters. The van der Waals surface area contributed by atoms with E-state index in [0.717, 1.165) is 0 Å². The van der Waals surface area contributed by atoms with Crippen LogP contribution < -0.4 is 5.11 Å². The van der Waals surface area contributed by atoms with Crippen molar-refractivity contribution in [2.75, 3.05) is 7.11 Å². The summed E-state index contributed by atoms with van der Waals surface area (Å²) in [5.41, 5.74) is 0.0648. The number of carboxylic acids is 1. The molecule has 0 aromatic heterocycles. The van der Waals surface area contributed by atoms with E-state index < -0.39 is 5.97 Å². The molecular weight excluding hydrogens is 132 g/mol. The average Bonchev–Trinajstić information content (AvgIpc) is 1.89. The molecule has 0 saturated heterocycles. The first kappa shape index (κ1) is 11.5. The summed E-state index contributed by atoms with van der Waals surface area (Å²) in [6, 6.07) is 0. The number of ether oxygens (including phenoxy) is 1. The van der Waals surface area contributed by atoms with Crippen molar-refractivity contribution in [1.29, 1.82) is 0 Å². The molecule has 0 heterocycles. The van der Waals surface area contributed by atoms with E-state index in [1.165, 1.54) is 13.2 Å². The van der Waals surface area contributed by atoms with Gasteiger partial charge in [-0.3, -0.25) is 0 Å². The van der Waals surface area contributed by atoms with Crippen LogP contribution >= 0.6 is 0 Å². The van der Waals surface area contributed by atoms with Crippen LogP contribution in [-0.2, 0) is 9.53 Å². The van der Waals surface area contributed by atoms with E-state index in [0.29, 0.717) is 0 Å². The van der Waals surface area contributed by atoms with Crippen molar-refractivity contribution in [3.8, 4) is 0 Å². The maximum atomic E-state index is 9.49. The lowest BCUT2D eigenvalue weighted by atomic mass is 10.4. The van der Waals surface area contributed by atoms with E-state index in [1.807, 2.05) is 0 Å². The van der Waals surface area contributed by atoms with Gasteiger partial charge in [0.2, 0.25) is 0 Å². The van der Waals surface area contributed by atoms with Crippen LogP contribution in [0.2, 0.25) is 0 Å². The Labute approximate surface area is 60.6 Å². The molecular formula is C7H11O3-. The highest BCUT2D eigenvalue weighted by atomic mass is 16.5. The lowest BCUT2D eigenvalue weighted by molar-refractivity contribution is -0.299. The van der Waals surface area contributed by atoms with Crippen molar-refractivity contribution in [2.24, 2.45) is 0 Å².